The summed E-state index contributed by atoms with van der Waals surface area (Å²) < 4.78 is 0. The van der Waals surface area contributed by atoms with Crippen molar-refractivity contribution in [2.45, 2.75) is 6.92 Å². The van der Waals surface area contributed by atoms with Gasteiger partial charge in [-0.3, -0.25) is 9.59 Å². The van der Waals surface area contributed by atoms with E-state index in [1.807, 2.05) is 54.3 Å². The molecule has 0 aliphatic carbocycles. The number of piperazine rings is 1. The molecule has 2 aliphatic rings. The summed E-state index contributed by atoms with van der Waals surface area (Å²) in [5.41, 5.74) is 3.37. The molecule has 7 heteroatoms. The number of rotatable bonds is 4. The minimum atomic E-state index is -0.283. The smallest absolute Gasteiger partial charge is 0.282 e. The maximum Gasteiger partial charge on any atom is 0.282 e. The summed E-state index contributed by atoms with van der Waals surface area (Å²) >= 11 is 0. The van der Waals surface area contributed by atoms with Crippen molar-refractivity contribution < 1.29 is 9.59 Å². The number of para-hydroxylation sites is 1. The molecule has 2 amide bonds. The van der Waals surface area contributed by atoms with Crippen LogP contribution in [0.1, 0.15) is 11.1 Å². The lowest BCUT2D eigenvalue weighted by molar-refractivity contribution is -0.120. The highest BCUT2D eigenvalue weighted by atomic mass is 16.2. The van der Waals surface area contributed by atoms with Crippen molar-refractivity contribution >= 4 is 29.0 Å². The van der Waals surface area contributed by atoms with Gasteiger partial charge in [-0.1, -0.05) is 48.0 Å². The molecule has 0 atom stereocenters. The summed E-state index contributed by atoms with van der Waals surface area (Å²) in [4.78, 5) is 41.2. The lowest BCUT2D eigenvalue weighted by Gasteiger charge is -2.36. The molecule has 5 rings (SSSR count). The number of hydrogen-bond donors (Lipinski definition) is 0. The lowest BCUT2D eigenvalue weighted by Crippen LogP contribution is -2.48. The number of imide groups is 1. The van der Waals surface area contributed by atoms with Gasteiger partial charge in [0, 0.05) is 38.6 Å². The standard InChI is InChI=1S/C25H23N5O2/c1-18-8-10-19(11-9-18)21-22(24(32)30(23(21)31)20-6-3-2-4-7-20)28-14-16-29(17-15-28)25-26-12-5-13-27-25/h2-13H,14-17H2,1H3. The van der Waals surface area contributed by atoms with E-state index in [2.05, 4.69) is 14.9 Å². The fraction of sp³-hybridized carbons (Fsp3) is 0.200. The first-order valence-corrected chi connectivity index (χ1v) is 10.7. The van der Waals surface area contributed by atoms with Gasteiger partial charge in [-0.05, 0) is 30.7 Å². The Morgan fingerprint density at radius 3 is 2.00 bits per heavy atom. The summed E-state index contributed by atoms with van der Waals surface area (Å²) in [6.45, 7) is 4.54. The summed E-state index contributed by atoms with van der Waals surface area (Å²) in [6, 6.07) is 18.7. The van der Waals surface area contributed by atoms with E-state index < -0.39 is 0 Å². The van der Waals surface area contributed by atoms with Crippen LogP contribution in [0.5, 0.6) is 0 Å². The maximum absolute atomic E-state index is 13.6. The third kappa shape index (κ3) is 3.51. The highest BCUT2D eigenvalue weighted by Gasteiger charge is 2.43. The van der Waals surface area contributed by atoms with Crippen molar-refractivity contribution in [3.05, 3.63) is 89.9 Å². The number of amides is 2. The monoisotopic (exact) mass is 425 g/mol. The van der Waals surface area contributed by atoms with Gasteiger partial charge in [0.15, 0.2) is 0 Å². The first-order valence-electron chi connectivity index (χ1n) is 10.7. The molecule has 0 bridgehead atoms. The number of hydrogen-bond acceptors (Lipinski definition) is 6. The van der Waals surface area contributed by atoms with E-state index in [0.717, 1.165) is 11.1 Å². The molecule has 1 aromatic heterocycles. The van der Waals surface area contributed by atoms with Crippen LogP contribution in [-0.4, -0.2) is 52.9 Å². The van der Waals surface area contributed by atoms with Gasteiger partial charge in [0.1, 0.15) is 5.70 Å². The zero-order valence-corrected chi connectivity index (χ0v) is 17.8. The Bertz CT molecular complexity index is 1170. The fourth-order valence-corrected chi connectivity index (χ4v) is 4.19. The van der Waals surface area contributed by atoms with Gasteiger partial charge in [0.05, 0.1) is 11.3 Å². The van der Waals surface area contributed by atoms with Crippen LogP contribution in [0.25, 0.3) is 5.57 Å². The SMILES string of the molecule is Cc1ccc(C2=C(N3CCN(c4ncccn4)CC3)C(=O)N(c3ccccc3)C2=O)cc1. The number of nitrogens with zero attached hydrogens (tertiary/aromatic N) is 5. The zero-order chi connectivity index (χ0) is 22.1. The third-order valence-electron chi connectivity index (χ3n) is 5.84. The highest BCUT2D eigenvalue weighted by molar-refractivity contribution is 6.45. The van der Waals surface area contributed by atoms with Gasteiger partial charge in [0.2, 0.25) is 5.95 Å². The number of aromatic nitrogens is 2. The van der Waals surface area contributed by atoms with Crippen LogP contribution in [0.4, 0.5) is 11.6 Å². The Morgan fingerprint density at radius 2 is 1.34 bits per heavy atom. The molecule has 32 heavy (non-hydrogen) atoms. The van der Waals surface area contributed by atoms with E-state index in [9.17, 15) is 9.59 Å². The Labute approximate surface area is 186 Å². The second-order valence-electron chi connectivity index (χ2n) is 7.89. The number of aryl methyl sites for hydroxylation is 1. The van der Waals surface area contributed by atoms with E-state index in [-0.39, 0.29) is 11.8 Å². The Balaban J connectivity index is 1.50. The molecule has 0 radical (unpaired) electrons. The minimum Gasteiger partial charge on any atom is -0.363 e. The van der Waals surface area contributed by atoms with Crippen LogP contribution < -0.4 is 9.80 Å². The van der Waals surface area contributed by atoms with Crippen molar-refractivity contribution in [3.8, 4) is 0 Å². The Hall–Kier alpha value is -4.00. The van der Waals surface area contributed by atoms with Crippen molar-refractivity contribution in [1.29, 1.82) is 0 Å². The summed E-state index contributed by atoms with van der Waals surface area (Å²) in [5, 5.41) is 0. The molecule has 1 fully saturated rings. The third-order valence-corrected chi connectivity index (χ3v) is 5.84. The van der Waals surface area contributed by atoms with Crippen LogP contribution in [-0.2, 0) is 9.59 Å². The minimum absolute atomic E-state index is 0.277. The fourth-order valence-electron chi connectivity index (χ4n) is 4.19. The van der Waals surface area contributed by atoms with E-state index in [0.29, 0.717) is 49.1 Å². The van der Waals surface area contributed by atoms with Crippen LogP contribution in [0.2, 0.25) is 0 Å². The van der Waals surface area contributed by atoms with Crippen LogP contribution >= 0.6 is 0 Å². The molecule has 7 nitrogen and oxygen atoms in total. The quantitative estimate of drug-likeness (QED) is 0.599. The largest absolute Gasteiger partial charge is 0.363 e. The molecular weight excluding hydrogens is 402 g/mol. The van der Waals surface area contributed by atoms with Gasteiger partial charge < -0.3 is 9.80 Å². The van der Waals surface area contributed by atoms with E-state index in [4.69, 9.17) is 0 Å². The lowest BCUT2D eigenvalue weighted by atomic mass is 10.0. The number of carbonyl (C=O) groups excluding carboxylic acids is 2. The van der Waals surface area contributed by atoms with Crippen molar-refractivity contribution in [2.75, 3.05) is 36.0 Å². The molecule has 1 saturated heterocycles. The number of carbonyl (C=O) groups is 2. The Kier molecular flexibility index (Phi) is 5.15. The summed E-state index contributed by atoms with van der Waals surface area (Å²) in [5.74, 6) is 0.120. The highest BCUT2D eigenvalue weighted by Crippen LogP contribution is 2.35. The van der Waals surface area contributed by atoms with Crippen LogP contribution in [0.15, 0.2) is 78.8 Å². The van der Waals surface area contributed by atoms with Gasteiger partial charge >= 0.3 is 0 Å². The van der Waals surface area contributed by atoms with Crippen molar-refractivity contribution in [2.24, 2.45) is 0 Å². The van der Waals surface area contributed by atoms with Crippen LogP contribution in [0.3, 0.4) is 0 Å². The van der Waals surface area contributed by atoms with Crippen molar-refractivity contribution in [1.82, 2.24) is 14.9 Å². The normalized spacial score (nSPS) is 16.8. The van der Waals surface area contributed by atoms with E-state index in [1.165, 1.54) is 4.90 Å². The average molecular weight is 425 g/mol. The molecule has 0 spiro atoms. The molecular formula is C25H23N5O2. The van der Waals surface area contributed by atoms with E-state index >= 15 is 0 Å². The number of anilines is 2. The predicted molar refractivity (Wildman–Crippen MR) is 123 cm³/mol. The topological polar surface area (TPSA) is 69.6 Å². The summed E-state index contributed by atoms with van der Waals surface area (Å²) in [6.07, 6.45) is 3.45. The first kappa shape index (κ1) is 19.9. The maximum atomic E-state index is 13.6. The molecule has 2 aromatic carbocycles. The van der Waals surface area contributed by atoms with E-state index in [1.54, 1.807) is 30.6 Å². The molecule has 160 valence electrons. The second kappa shape index (κ2) is 8.26. The molecule has 0 saturated carbocycles. The molecule has 3 aromatic rings. The summed E-state index contributed by atoms with van der Waals surface area (Å²) in [7, 11) is 0. The molecule has 0 unspecified atom stereocenters. The number of benzene rings is 2. The second-order valence-corrected chi connectivity index (χ2v) is 7.89. The van der Waals surface area contributed by atoms with Crippen LogP contribution in [0, 0.1) is 6.92 Å². The predicted octanol–water partition coefficient (Wildman–Crippen LogP) is 2.89. The molecule has 2 aliphatic heterocycles. The van der Waals surface area contributed by atoms with Gasteiger partial charge in [-0.25, -0.2) is 14.9 Å². The first-order chi connectivity index (χ1) is 15.6. The van der Waals surface area contributed by atoms with Gasteiger partial charge in [-0.15, -0.1) is 0 Å². The van der Waals surface area contributed by atoms with Crippen molar-refractivity contribution in [3.63, 3.8) is 0 Å². The zero-order valence-electron chi connectivity index (χ0n) is 17.8. The average Bonchev–Trinajstić information content (AvgIpc) is 3.10. The molecule has 3 heterocycles. The Morgan fingerprint density at radius 1 is 0.719 bits per heavy atom. The van der Waals surface area contributed by atoms with Gasteiger partial charge in [0.25, 0.3) is 11.8 Å². The molecule has 0 N–H and O–H groups in total. The van der Waals surface area contributed by atoms with Gasteiger partial charge in [-0.2, -0.15) is 0 Å².